The minimum atomic E-state index is -3.91. The number of anilines is 1. The molecule has 0 radical (unpaired) electrons. The topological polar surface area (TPSA) is 66.5 Å². The molecule has 3 rings (SSSR count). The molecule has 3 aromatic rings. The number of rotatable bonds is 10. The summed E-state index contributed by atoms with van der Waals surface area (Å²) < 4.78 is 28.4. The van der Waals surface area contributed by atoms with Crippen molar-refractivity contribution in [3.63, 3.8) is 0 Å². The van der Waals surface area contributed by atoms with E-state index in [1.54, 1.807) is 54.2 Å². The van der Waals surface area contributed by atoms with Crippen molar-refractivity contribution in [1.29, 1.82) is 0 Å². The Labute approximate surface area is 206 Å². The van der Waals surface area contributed by atoms with E-state index in [0.717, 1.165) is 20.1 Å². The van der Waals surface area contributed by atoms with Gasteiger partial charge in [-0.3, -0.25) is 9.10 Å². The highest BCUT2D eigenvalue weighted by Crippen LogP contribution is 2.26. The van der Waals surface area contributed by atoms with Gasteiger partial charge in [0.25, 0.3) is 10.0 Å². The van der Waals surface area contributed by atoms with Gasteiger partial charge in [-0.15, -0.1) is 0 Å². The van der Waals surface area contributed by atoms with Crippen molar-refractivity contribution >= 4 is 60.9 Å². The minimum Gasteiger partial charge on any atom is -0.354 e. The molecule has 0 aliphatic heterocycles. The smallest absolute Gasteiger partial charge is 0.264 e. The van der Waals surface area contributed by atoms with Crippen molar-refractivity contribution in [2.24, 2.45) is 0 Å². The monoisotopic (exact) mass is 552 g/mol. The minimum absolute atomic E-state index is 0.131. The van der Waals surface area contributed by atoms with Gasteiger partial charge in [0.2, 0.25) is 5.91 Å². The molecule has 0 saturated heterocycles. The zero-order valence-corrected chi connectivity index (χ0v) is 21.1. The Hall–Kier alpha value is -2.00. The van der Waals surface area contributed by atoms with Crippen LogP contribution in [0.15, 0.2) is 88.2 Å². The number of nitrogens with zero attached hydrogens (tertiary/aromatic N) is 1. The first-order valence-corrected chi connectivity index (χ1v) is 13.5. The summed E-state index contributed by atoms with van der Waals surface area (Å²) in [5.41, 5.74) is 1.57. The van der Waals surface area contributed by atoms with E-state index < -0.39 is 10.0 Å². The highest BCUT2D eigenvalue weighted by atomic mass is 79.9. The second kappa shape index (κ2) is 11.7. The van der Waals surface area contributed by atoms with Crippen LogP contribution in [0.25, 0.3) is 0 Å². The van der Waals surface area contributed by atoms with E-state index in [1.165, 1.54) is 12.1 Å². The molecule has 3 aromatic carbocycles. The summed E-state index contributed by atoms with van der Waals surface area (Å²) >= 11 is 10.9. The first kappa shape index (κ1) is 24.6. The van der Waals surface area contributed by atoms with E-state index in [0.29, 0.717) is 23.0 Å². The average Bonchev–Trinajstić information content (AvgIpc) is 2.79. The van der Waals surface area contributed by atoms with Crippen molar-refractivity contribution < 1.29 is 13.2 Å². The highest BCUT2D eigenvalue weighted by Gasteiger charge is 2.27. The summed E-state index contributed by atoms with van der Waals surface area (Å²) in [6.45, 7) is 0.129. The predicted molar refractivity (Wildman–Crippen MR) is 136 cm³/mol. The lowest BCUT2D eigenvalue weighted by molar-refractivity contribution is -0.119. The van der Waals surface area contributed by atoms with Gasteiger partial charge in [-0.05, 0) is 48.0 Å². The van der Waals surface area contributed by atoms with E-state index in [4.69, 9.17) is 11.6 Å². The number of hydrogen-bond donors (Lipinski definition) is 1. The molecule has 0 aliphatic rings. The third-order valence-electron chi connectivity index (χ3n) is 4.47. The lowest BCUT2D eigenvalue weighted by Crippen LogP contribution is -2.41. The Bertz CT molecular complexity index is 1140. The Morgan fingerprint density at radius 1 is 1.00 bits per heavy atom. The second-order valence-corrected chi connectivity index (χ2v) is 11.2. The quantitative estimate of drug-likeness (QED) is 0.344. The van der Waals surface area contributed by atoms with Crippen LogP contribution < -0.4 is 9.62 Å². The molecule has 0 aliphatic carbocycles. The molecule has 1 amide bonds. The standard InChI is InChI=1S/C23H22BrClN2O3S2/c24-19-5-4-6-21(15-19)27(32(29,30)22-7-2-1-3-8-22)16-23(28)26-13-14-31-17-18-9-11-20(25)12-10-18/h1-12,15H,13-14,16-17H2,(H,26,28). The normalized spacial score (nSPS) is 11.2. The fraction of sp³-hybridized carbons (Fsp3) is 0.174. The highest BCUT2D eigenvalue weighted by molar-refractivity contribution is 9.10. The lowest BCUT2D eigenvalue weighted by atomic mass is 10.2. The van der Waals surface area contributed by atoms with E-state index in [-0.39, 0.29) is 17.3 Å². The van der Waals surface area contributed by atoms with Crippen LogP contribution in [0, 0.1) is 0 Å². The van der Waals surface area contributed by atoms with Crippen LogP contribution in [0.2, 0.25) is 5.02 Å². The molecule has 0 aromatic heterocycles. The van der Waals surface area contributed by atoms with Gasteiger partial charge in [0.15, 0.2) is 0 Å². The number of hydrogen-bond acceptors (Lipinski definition) is 4. The summed E-state index contributed by atoms with van der Waals surface area (Å²) in [5.74, 6) is 1.15. The van der Waals surface area contributed by atoms with Gasteiger partial charge in [-0.25, -0.2) is 8.42 Å². The van der Waals surface area contributed by atoms with Crippen LogP contribution >= 0.6 is 39.3 Å². The largest absolute Gasteiger partial charge is 0.354 e. The molecule has 0 unspecified atom stereocenters. The average molecular weight is 554 g/mol. The fourth-order valence-corrected chi connectivity index (χ4v) is 5.65. The van der Waals surface area contributed by atoms with Crippen LogP contribution in [0.5, 0.6) is 0 Å². The molecular formula is C23H22BrClN2O3S2. The molecule has 5 nitrogen and oxygen atoms in total. The van der Waals surface area contributed by atoms with Gasteiger partial charge in [-0.1, -0.05) is 63.9 Å². The Morgan fingerprint density at radius 2 is 1.72 bits per heavy atom. The number of thioether (sulfide) groups is 1. The molecule has 1 N–H and O–H groups in total. The fourth-order valence-electron chi connectivity index (χ4n) is 2.89. The van der Waals surface area contributed by atoms with Crippen LogP contribution in [-0.2, 0) is 20.6 Å². The number of benzene rings is 3. The number of amides is 1. The molecular weight excluding hydrogens is 532 g/mol. The number of sulfonamides is 1. The Kier molecular flexibility index (Phi) is 9.04. The number of carbonyl (C=O) groups excluding carboxylic acids is 1. The van der Waals surface area contributed by atoms with Crippen LogP contribution in [0.1, 0.15) is 5.56 Å². The maximum atomic E-state index is 13.3. The van der Waals surface area contributed by atoms with Crippen molar-refractivity contribution in [1.82, 2.24) is 5.32 Å². The maximum absolute atomic E-state index is 13.3. The first-order chi connectivity index (χ1) is 15.4. The predicted octanol–water partition coefficient (Wildman–Crippen LogP) is 5.35. The molecule has 0 spiro atoms. The van der Waals surface area contributed by atoms with Crippen molar-refractivity contribution in [3.05, 3.63) is 93.9 Å². The van der Waals surface area contributed by atoms with E-state index in [1.807, 2.05) is 24.3 Å². The summed E-state index contributed by atoms with van der Waals surface area (Å²) in [5, 5.41) is 3.52. The number of halogens is 2. The summed E-state index contributed by atoms with van der Waals surface area (Å²) in [4.78, 5) is 12.7. The van der Waals surface area contributed by atoms with Gasteiger partial charge in [0, 0.05) is 27.5 Å². The third-order valence-corrected chi connectivity index (χ3v) is 8.03. The maximum Gasteiger partial charge on any atom is 0.264 e. The number of carbonyl (C=O) groups is 1. The zero-order valence-electron chi connectivity index (χ0n) is 17.1. The van der Waals surface area contributed by atoms with Gasteiger partial charge in [0.05, 0.1) is 10.6 Å². The molecule has 0 fully saturated rings. The van der Waals surface area contributed by atoms with Crippen LogP contribution in [-0.4, -0.2) is 33.2 Å². The zero-order chi connectivity index (χ0) is 23.0. The van der Waals surface area contributed by atoms with Crippen molar-refractivity contribution in [2.75, 3.05) is 23.1 Å². The number of nitrogens with one attached hydrogen (secondary N) is 1. The van der Waals surface area contributed by atoms with Gasteiger partial charge < -0.3 is 5.32 Å². The molecule has 32 heavy (non-hydrogen) atoms. The van der Waals surface area contributed by atoms with Crippen molar-refractivity contribution in [3.8, 4) is 0 Å². The summed E-state index contributed by atoms with van der Waals surface area (Å²) in [7, 11) is -3.91. The van der Waals surface area contributed by atoms with Crippen LogP contribution in [0.3, 0.4) is 0 Å². The Morgan fingerprint density at radius 3 is 2.41 bits per heavy atom. The second-order valence-electron chi connectivity index (χ2n) is 6.83. The Balaban J connectivity index is 1.62. The van der Waals surface area contributed by atoms with Crippen molar-refractivity contribution in [2.45, 2.75) is 10.6 Å². The van der Waals surface area contributed by atoms with E-state index in [2.05, 4.69) is 21.2 Å². The van der Waals surface area contributed by atoms with Crippen LogP contribution in [0.4, 0.5) is 5.69 Å². The molecule has 0 heterocycles. The molecule has 168 valence electrons. The molecule has 9 heteroatoms. The summed E-state index contributed by atoms with van der Waals surface area (Å²) in [6, 6.07) is 22.6. The SMILES string of the molecule is O=C(CN(c1cccc(Br)c1)S(=O)(=O)c1ccccc1)NCCSCc1ccc(Cl)cc1. The molecule has 0 atom stereocenters. The molecule has 0 bridgehead atoms. The van der Waals surface area contributed by atoms with E-state index >= 15 is 0 Å². The van der Waals surface area contributed by atoms with E-state index in [9.17, 15) is 13.2 Å². The van der Waals surface area contributed by atoms with Gasteiger partial charge in [-0.2, -0.15) is 11.8 Å². The third kappa shape index (κ3) is 7.00. The van der Waals surface area contributed by atoms with Gasteiger partial charge >= 0.3 is 0 Å². The first-order valence-electron chi connectivity index (χ1n) is 9.78. The lowest BCUT2D eigenvalue weighted by Gasteiger charge is -2.24. The molecule has 0 saturated carbocycles. The summed E-state index contributed by atoms with van der Waals surface area (Å²) in [6.07, 6.45) is 0. The van der Waals surface area contributed by atoms with Gasteiger partial charge in [0.1, 0.15) is 6.54 Å².